The fraction of sp³-hybridized carbons (Fsp3) is 0.400. The summed E-state index contributed by atoms with van der Waals surface area (Å²) in [6, 6.07) is 8.00. The number of urea groups is 1. The summed E-state index contributed by atoms with van der Waals surface area (Å²) in [6.07, 6.45) is 1.12. The Labute approximate surface area is 202 Å². The maximum atomic E-state index is 12.9. The average molecular weight is 482 g/mol. The summed E-state index contributed by atoms with van der Waals surface area (Å²) >= 11 is 0. The maximum Gasteiger partial charge on any atom is 0.325 e. The van der Waals surface area contributed by atoms with Crippen molar-refractivity contribution in [1.82, 2.24) is 15.1 Å². The van der Waals surface area contributed by atoms with Gasteiger partial charge in [0.1, 0.15) is 6.04 Å². The van der Waals surface area contributed by atoms with Crippen LogP contribution >= 0.6 is 0 Å². The van der Waals surface area contributed by atoms with Crippen molar-refractivity contribution in [2.24, 2.45) is 0 Å². The molecule has 0 aliphatic carbocycles. The molecular weight excluding hydrogens is 454 g/mol. The Morgan fingerprint density at radius 2 is 1.80 bits per heavy atom. The molecule has 5 rings (SSSR count). The van der Waals surface area contributed by atoms with Crippen LogP contribution in [0.2, 0.25) is 0 Å². The first-order valence-corrected chi connectivity index (χ1v) is 11.5. The minimum Gasteiger partial charge on any atom is -0.493 e. The number of benzene rings is 2. The van der Waals surface area contributed by atoms with Crippen LogP contribution in [0.25, 0.3) is 0 Å². The number of fused-ring (bicyclic) bond motifs is 2. The first-order chi connectivity index (χ1) is 17.0. The van der Waals surface area contributed by atoms with Gasteiger partial charge in [0.15, 0.2) is 23.0 Å². The van der Waals surface area contributed by atoms with Gasteiger partial charge in [0.25, 0.3) is 5.91 Å². The number of amides is 4. The number of ether oxygens (including phenoxy) is 4. The van der Waals surface area contributed by atoms with Gasteiger partial charge in [0.2, 0.25) is 12.7 Å². The Morgan fingerprint density at radius 3 is 2.57 bits per heavy atom. The van der Waals surface area contributed by atoms with E-state index in [0.717, 1.165) is 16.7 Å². The normalized spacial score (nSPS) is 18.4. The molecule has 3 heterocycles. The van der Waals surface area contributed by atoms with E-state index in [-0.39, 0.29) is 38.0 Å². The number of nitrogens with one attached hydrogen (secondary N) is 1. The van der Waals surface area contributed by atoms with E-state index in [1.165, 1.54) is 4.90 Å². The summed E-state index contributed by atoms with van der Waals surface area (Å²) in [5.41, 5.74) is 2.90. The van der Waals surface area contributed by atoms with Gasteiger partial charge in [-0.2, -0.15) is 0 Å². The molecule has 1 N–H and O–H groups in total. The fourth-order valence-electron chi connectivity index (χ4n) is 4.67. The zero-order valence-electron chi connectivity index (χ0n) is 19.7. The Balaban J connectivity index is 1.17. The van der Waals surface area contributed by atoms with Crippen LogP contribution in [0.15, 0.2) is 30.3 Å². The molecule has 0 radical (unpaired) electrons. The largest absolute Gasteiger partial charge is 0.493 e. The van der Waals surface area contributed by atoms with E-state index >= 15 is 0 Å². The Kier molecular flexibility index (Phi) is 6.10. The highest BCUT2D eigenvalue weighted by Crippen LogP contribution is 2.34. The predicted molar refractivity (Wildman–Crippen MR) is 123 cm³/mol. The lowest BCUT2D eigenvalue weighted by Gasteiger charge is -2.30. The lowest BCUT2D eigenvalue weighted by molar-refractivity contribution is -0.132. The van der Waals surface area contributed by atoms with Crippen molar-refractivity contribution in [3.05, 3.63) is 47.0 Å². The number of nitrogens with zero attached hydrogens (tertiary/aromatic N) is 2. The second kappa shape index (κ2) is 9.36. The predicted octanol–water partition coefficient (Wildman–Crippen LogP) is 2.22. The van der Waals surface area contributed by atoms with Crippen molar-refractivity contribution in [1.29, 1.82) is 0 Å². The van der Waals surface area contributed by atoms with Crippen molar-refractivity contribution in [3.63, 3.8) is 0 Å². The van der Waals surface area contributed by atoms with Crippen LogP contribution in [0, 0.1) is 0 Å². The molecule has 2 aromatic carbocycles. The quantitative estimate of drug-likeness (QED) is 0.605. The zero-order valence-corrected chi connectivity index (χ0v) is 19.7. The standard InChI is InChI=1S/C25H27N3O7/c1-32-20-10-16-7-8-27(13-17(16)11-21(20)33-2)23(29)6-4-18-24(30)28(25(31)26-18)12-15-3-5-19-22(9-15)35-14-34-19/h3,5,9-11,18H,4,6-8,12-14H2,1-2H3,(H,26,31)/t18-/m1/s1. The SMILES string of the molecule is COc1cc2c(cc1OC)CN(C(=O)CC[C@H]1NC(=O)N(Cc3ccc4c(c3)OCO4)C1=O)CC2. The van der Waals surface area contributed by atoms with Crippen LogP contribution in [-0.4, -0.2) is 61.2 Å². The molecular formula is C25H27N3O7. The van der Waals surface area contributed by atoms with E-state index in [1.54, 1.807) is 37.3 Å². The van der Waals surface area contributed by atoms with E-state index in [9.17, 15) is 14.4 Å². The number of carbonyl (C=O) groups excluding carboxylic acids is 3. The van der Waals surface area contributed by atoms with Crippen LogP contribution in [0.3, 0.4) is 0 Å². The van der Waals surface area contributed by atoms with Crippen LogP contribution in [0.1, 0.15) is 29.5 Å². The Bertz CT molecular complexity index is 1180. The number of methoxy groups -OCH3 is 2. The van der Waals surface area contributed by atoms with Crippen molar-refractivity contribution < 1.29 is 33.3 Å². The maximum absolute atomic E-state index is 12.9. The third-order valence-corrected chi connectivity index (χ3v) is 6.60. The van der Waals surface area contributed by atoms with Gasteiger partial charge in [0, 0.05) is 19.5 Å². The summed E-state index contributed by atoms with van der Waals surface area (Å²) in [7, 11) is 3.18. The molecule has 1 saturated heterocycles. The van der Waals surface area contributed by atoms with Crippen LogP contribution in [0.5, 0.6) is 23.0 Å². The molecule has 0 saturated carbocycles. The van der Waals surface area contributed by atoms with Gasteiger partial charge in [-0.25, -0.2) is 4.79 Å². The van der Waals surface area contributed by atoms with Crippen molar-refractivity contribution in [3.8, 4) is 23.0 Å². The van der Waals surface area contributed by atoms with Gasteiger partial charge in [-0.05, 0) is 53.8 Å². The van der Waals surface area contributed by atoms with E-state index in [1.807, 2.05) is 12.1 Å². The molecule has 0 spiro atoms. The second-order valence-corrected chi connectivity index (χ2v) is 8.69. The third kappa shape index (κ3) is 4.43. The van der Waals surface area contributed by atoms with E-state index in [2.05, 4.69) is 5.32 Å². The highest BCUT2D eigenvalue weighted by molar-refractivity contribution is 6.04. The van der Waals surface area contributed by atoms with E-state index in [0.29, 0.717) is 42.5 Å². The lowest BCUT2D eigenvalue weighted by atomic mass is 9.98. The van der Waals surface area contributed by atoms with Gasteiger partial charge in [-0.3, -0.25) is 14.5 Å². The van der Waals surface area contributed by atoms with E-state index < -0.39 is 12.1 Å². The van der Waals surface area contributed by atoms with Gasteiger partial charge in [-0.1, -0.05) is 6.07 Å². The van der Waals surface area contributed by atoms with E-state index in [4.69, 9.17) is 18.9 Å². The first kappa shape index (κ1) is 22.8. The second-order valence-electron chi connectivity index (χ2n) is 8.69. The van der Waals surface area contributed by atoms with Crippen LogP contribution in [-0.2, 0) is 29.1 Å². The van der Waals surface area contributed by atoms with Crippen molar-refractivity contribution >= 4 is 17.8 Å². The molecule has 0 aromatic heterocycles. The van der Waals surface area contributed by atoms with Gasteiger partial charge < -0.3 is 29.2 Å². The number of rotatable bonds is 7. The number of carbonyl (C=O) groups is 3. The van der Waals surface area contributed by atoms with Crippen LogP contribution < -0.4 is 24.3 Å². The molecule has 35 heavy (non-hydrogen) atoms. The summed E-state index contributed by atoms with van der Waals surface area (Å²) < 4.78 is 21.4. The summed E-state index contributed by atoms with van der Waals surface area (Å²) in [5.74, 6) is 2.15. The van der Waals surface area contributed by atoms with Gasteiger partial charge in [0.05, 0.1) is 20.8 Å². The highest BCUT2D eigenvalue weighted by Gasteiger charge is 2.38. The molecule has 0 bridgehead atoms. The molecule has 2 aromatic rings. The van der Waals surface area contributed by atoms with Crippen molar-refractivity contribution in [2.45, 2.75) is 38.4 Å². The fourth-order valence-corrected chi connectivity index (χ4v) is 4.67. The molecule has 4 amide bonds. The summed E-state index contributed by atoms with van der Waals surface area (Å²) in [5, 5.41) is 2.71. The molecule has 184 valence electrons. The van der Waals surface area contributed by atoms with Gasteiger partial charge >= 0.3 is 6.03 Å². The van der Waals surface area contributed by atoms with Gasteiger partial charge in [-0.15, -0.1) is 0 Å². The van der Waals surface area contributed by atoms with Crippen molar-refractivity contribution in [2.75, 3.05) is 27.6 Å². The van der Waals surface area contributed by atoms with Crippen LogP contribution in [0.4, 0.5) is 4.79 Å². The highest BCUT2D eigenvalue weighted by atomic mass is 16.7. The average Bonchev–Trinajstić information content (AvgIpc) is 3.45. The molecule has 1 atom stereocenters. The molecule has 10 heteroatoms. The molecule has 3 aliphatic heterocycles. The number of imide groups is 1. The smallest absolute Gasteiger partial charge is 0.325 e. The molecule has 3 aliphatic rings. The minimum atomic E-state index is -0.720. The zero-order chi connectivity index (χ0) is 24.5. The number of hydrogen-bond donors (Lipinski definition) is 1. The first-order valence-electron chi connectivity index (χ1n) is 11.5. The molecule has 10 nitrogen and oxygen atoms in total. The molecule has 0 unspecified atom stereocenters. The number of hydrogen-bond acceptors (Lipinski definition) is 7. The third-order valence-electron chi connectivity index (χ3n) is 6.60. The topological polar surface area (TPSA) is 107 Å². The lowest BCUT2D eigenvalue weighted by Crippen LogP contribution is -2.37. The Hall–Kier alpha value is -3.95. The minimum absolute atomic E-state index is 0.0540. The summed E-state index contributed by atoms with van der Waals surface area (Å²) in [4.78, 5) is 41.2. The summed E-state index contributed by atoms with van der Waals surface area (Å²) in [6.45, 7) is 1.33. The monoisotopic (exact) mass is 481 g/mol. The molecule has 1 fully saturated rings. The Morgan fingerprint density at radius 1 is 1.06 bits per heavy atom.